The van der Waals surface area contributed by atoms with Crippen molar-refractivity contribution in [1.82, 2.24) is 20.2 Å². The fraction of sp³-hybridized carbons (Fsp3) is 0.556. The zero-order valence-electron chi connectivity index (χ0n) is 22.5. The summed E-state index contributed by atoms with van der Waals surface area (Å²) in [6.45, 7) is 9.24. The summed E-state index contributed by atoms with van der Waals surface area (Å²) >= 11 is 7.36. The van der Waals surface area contributed by atoms with Crippen molar-refractivity contribution in [1.29, 1.82) is 5.26 Å². The number of aromatic nitrogens is 2. The van der Waals surface area contributed by atoms with Crippen LogP contribution in [0.2, 0.25) is 0 Å². The minimum Gasteiger partial charge on any atom is -0.476 e. The SMILES string of the molecule is CCC(COc1cc(N2CCNCC2)nc(/C(N)=C/C(=S)C2CCCc3sc(N)c(C#N)c32)n1)N(C)CC. The first-order valence-electron chi connectivity index (χ1n) is 13.4. The Kier molecular flexibility index (Phi) is 9.54. The smallest absolute Gasteiger partial charge is 0.219 e. The van der Waals surface area contributed by atoms with E-state index in [-0.39, 0.29) is 12.0 Å². The molecule has 0 aromatic carbocycles. The molecular formula is C27H38N8OS2. The highest BCUT2D eigenvalue weighted by atomic mass is 32.1. The van der Waals surface area contributed by atoms with E-state index < -0.39 is 0 Å². The summed E-state index contributed by atoms with van der Waals surface area (Å²) < 4.78 is 6.21. The summed E-state index contributed by atoms with van der Waals surface area (Å²) in [5, 5.41) is 13.7. The van der Waals surface area contributed by atoms with Crippen molar-refractivity contribution in [3.8, 4) is 11.9 Å². The second-order valence-electron chi connectivity index (χ2n) is 9.81. The first kappa shape index (κ1) is 28.2. The van der Waals surface area contributed by atoms with Crippen LogP contribution in [0.3, 0.4) is 0 Å². The molecule has 2 aliphatic rings. The van der Waals surface area contributed by atoms with Gasteiger partial charge in [0.2, 0.25) is 5.88 Å². The standard InChI is InChI=1S/C27H38N8OS2/c1-4-17(34(3)5-2)16-36-24-14-23(35-11-9-31-10-12-35)32-27(33-24)20(29)13-21(37)18-7-6-8-22-25(18)19(15-28)26(30)38-22/h13-14,17-18,31H,4-12,16,29-30H2,1-3H3/b20-13-. The molecule has 2 unspecified atom stereocenters. The lowest BCUT2D eigenvalue weighted by atomic mass is 9.83. The molecule has 0 spiro atoms. The van der Waals surface area contributed by atoms with Gasteiger partial charge in [-0.05, 0) is 50.9 Å². The number of nitrogen functional groups attached to an aromatic ring is 1. The van der Waals surface area contributed by atoms with Gasteiger partial charge in [0.25, 0.3) is 0 Å². The summed E-state index contributed by atoms with van der Waals surface area (Å²) in [7, 11) is 2.10. The molecule has 11 heteroatoms. The molecule has 9 nitrogen and oxygen atoms in total. The number of ether oxygens (including phenoxy) is 1. The van der Waals surface area contributed by atoms with E-state index >= 15 is 0 Å². The van der Waals surface area contributed by atoms with Crippen molar-refractivity contribution in [2.45, 2.75) is 51.5 Å². The molecule has 0 saturated carbocycles. The maximum absolute atomic E-state index is 9.71. The van der Waals surface area contributed by atoms with Crippen LogP contribution >= 0.6 is 23.6 Å². The normalized spacial score (nSPS) is 18.7. The van der Waals surface area contributed by atoms with Gasteiger partial charge in [-0.3, -0.25) is 0 Å². The number of aryl methyl sites for hydroxylation is 1. The van der Waals surface area contributed by atoms with Crippen LogP contribution in [0.4, 0.5) is 10.8 Å². The van der Waals surface area contributed by atoms with E-state index in [1.165, 1.54) is 11.3 Å². The predicted octanol–water partition coefficient (Wildman–Crippen LogP) is 3.30. The van der Waals surface area contributed by atoms with Gasteiger partial charge < -0.3 is 31.3 Å². The molecule has 2 atom stereocenters. The Balaban J connectivity index is 1.63. The molecule has 0 amide bonds. The fourth-order valence-corrected chi connectivity index (χ4v) is 6.55. The van der Waals surface area contributed by atoms with Gasteiger partial charge in [0.1, 0.15) is 23.5 Å². The number of thiophene rings is 1. The zero-order valence-corrected chi connectivity index (χ0v) is 24.1. The molecular weight excluding hydrogens is 516 g/mol. The summed E-state index contributed by atoms with van der Waals surface area (Å²) in [5.41, 5.74) is 14.6. The summed E-state index contributed by atoms with van der Waals surface area (Å²) in [4.78, 5) is 15.8. The van der Waals surface area contributed by atoms with Gasteiger partial charge in [-0.1, -0.05) is 26.1 Å². The summed E-state index contributed by atoms with van der Waals surface area (Å²) in [6, 6.07) is 4.47. The lowest BCUT2D eigenvalue weighted by Gasteiger charge is -2.29. The number of allylic oxidation sites excluding steroid dienone is 1. The molecule has 204 valence electrons. The Morgan fingerprint density at radius 3 is 2.84 bits per heavy atom. The van der Waals surface area contributed by atoms with Gasteiger partial charge in [0, 0.05) is 53.9 Å². The number of nitrogens with one attached hydrogen (secondary N) is 1. The first-order valence-corrected chi connectivity index (χ1v) is 14.6. The number of rotatable bonds is 10. The van der Waals surface area contributed by atoms with E-state index in [1.807, 2.05) is 6.07 Å². The molecule has 38 heavy (non-hydrogen) atoms. The van der Waals surface area contributed by atoms with Crippen molar-refractivity contribution >= 4 is 44.9 Å². The number of nitrogens with two attached hydrogens (primary N) is 2. The third-order valence-electron chi connectivity index (χ3n) is 7.45. The third-order valence-corrected chi connectivity index (χ3v) is 8.95. The number of thiocarbonyl (C=S) groups is 1. The number of likely N-dealkylation sites (N-methyl/N-ethyl adjacent to an activating group) is 1. The quantitative estimate of drug-likeness (QED) is 0.297. The van der Waals surface area contributed by atoms with Gasteiger partial charge in [0.05, 0.1) is 11.3 Å². The van der Waals surface area contributed by atoms with Gasteiger partial charge >= 0.3 is 0 Å². The third kappa shape index (κ3) is 6.26. The number of anilines is 2. The number of fused-ring (bicyclic) bond motifs is 1. The topological polar surface area (TPSA) is 129 Å². The molecule has 1 fully saturated rings. The Bertz CT molecular complexity index is 1210. The lowest BCUT2D eigenvalue weighted by Crippen LogP contribution is -2.44. The van der Waals surface area contributed by atoms with E-state index in [9.17, 15) is 5.26 Å². The largest absolute Gasteiger partial charge is 0.476 e. The van der Waals surface area contributed by atoms with Gasteiger partial charge in [-0.25, -0.2) is 4.98 Å². The highest BCUT2D eigenvalue weighted by molar-refractivity contribution is 7.80. The average molecular weight is 555 g/mol. The van der Waals surface area contributed by atoms with Crippen molar-refractivity contribution in [2.75, 3.05) is 57.0 Å². The van der Waals surface area contributed by atoms with E-state index in [0.717, 1.165) is 74.7 Å². The van der Waals surface area contributed by atoms with Crippen molar-refractivity contribution < 1.29 is 4.74 Å². The molecule has 0 bridgehead atoms. The maximum atomic E-state index is 9.71. The van der Waals surface area contributed by atoms with Crippen LogP contribution in [0, 0.1) is 11.3 Å². The Hall–Kier alpha value is -2.78. The minimum atomic E-state index is -0.0718. The number of hydrogen-bond donors (Lipinski definition) is 3. The maximum Gasteiger partial charge on any atom is 0.219 e. The van der Waals surface area contributed by atoms with Crippen LogP contribution in [-0.4, -0.2) is 72.2 Å². The molecule has 3 heterocycles. The van der Waals surface area contributed by atoms with Crippen molar-refractivity contribution in [3.05, 3.63) is 34.0 Å². The lowest BCUT2D eigenvalue weighted by molar-refractivity contribution is 0.159. The number of piperazine rings is 1. The molecule has 1 aliphatic heterocycles. The Morgan fingerprint density at radius 2 is 2.16 bits per heavy atom. The summed E-state index contributed by atoms with van der Waals surface area (Å²) in [6.07, 6.45) is 5.54. The average Bonchev–Trinajstić information content (AvgIpc) is 3.28. The van der Waals surface area contributed by atoms with Crippen LogP contribution in [0.1, 0.15) is 60.9 Å². The molecule has 4 rings (SSSR count). The molecule has 1 saturated heterocycles. The van der Waals surface area contributed by atoms with Crippen LogP contribution in [-0.2, 0) is 6.42 Å². The predicted molar refractivity (Wildman–Crippen MR) is 159 cm³/mol. The van der Waals surface area contributed by atoms with Crippen LogP contribution in [0.5, 0.6) is 5.88 Å². The Morgan fingerprint density at radius 1 is 1.39 bits per heavy atom. The number of nitrogens with zero attached hydrogens (tertiary/aromatic N) is 5. The van der Waals surface area contributed by atoms with E-state index in [4.69, 9.17) is 33.4 Å². The molecule has 5 N–H and O–H groups in total. The first-order chi connectivity index (χ1) is 18.4. The van der Waals surface area contributed by atoms with Crippen molar-refractivity contribution in [2.24, 2.45) is 5.73 Å². The molecule has 2 aromatic heterocycles. The minimum absolute atomic E-state index is 0.0718. The van der Waals surface area contributed by atoms with Crippen molar-refractivity contribution in [3.63, 3.8) is 0 Å². The fourth-order valence-electron chi connectivity index (χ4n) is 5.06. The highest BCUT2D eigenvalue weighted by Crippen LogP contribution is 2.43. The van der Waals surface area contributed by atoms with E-state index in [2.05, 4.69) is 47.1 Å². The summed E-state index contributed by atoms with van der Waals surface area (Å²) in [5.74, 6) is 1.63. The monoisotopic (exact) mass is 554 g/mol. The Labute approximate surface area is 234 Å². The van der Waals surface area contributed by atoms with E-state index in [0.29, 0.717) is 39.4 Å². The second kappa shape index (κ2) is 12.8. The zero-order chi connectivity index (χ0) is 27.2. The number of nitriles is 1. The van der Waals surface area contributed by atoms with Gasteiger partial charge in [-0.15, -0.1) is 11.3 Å². The van der Waals surface area contributed by atoms with Gasteiger partial charge in [0.15, 0.2) is 5.82 Å². The highest BCUT2D eigenvalue weighted by Gasteiger charge is 2.30. The van der Waals surface area contributed by atoms with Crippen LogP contribution in [0.25, 0.3) is 5.70 Å². The number of hydrogen-bond acceptors (Lipinski definition) is 11. The van der Waals surface area contributed by atoms with Gasteiger partial charge in [-0.2, -0.15) is 10.2 Å². The van der Waals surface area contributed by atoms with E-state index in [1.54, 1.807) is 6.08 Å². The van der Waals surface area contributed by atoms with Crippen LogP contribution in [0.15, 0.2) is 12.1 Å². The second-order valence-corrected chi connectivity index (χ2v) is 11.4. The molecule has 2 aromatic rings. The van der Waals surface area contributed by atoms with Crippen LogP contribution < -0.4 is 26.4 Å². The molecule has 1 aliphatic carbocycles. The molecule has 0 radical (unpaired) electrons.